The lowest BCUT2D eigenvalue weighted by atomic mass is 10.0. The van der Waals surface area contributed by atoms with E-state index in [2.05, 4.69) is 58.3 Å². The highest BCUT2D eigenvalue weighted by Crippen LogP contribution is 2.27. The summed E-state index contributed by atoms with van der Waals surface area (Å²) in [6, 6.07) is 10.6. The molecule has 21 heavy (non-hydrogen) atoms. The fourth-order valence-electron chi connectivity index (χ4n) is 2.35. The molecule has 0 aliphatic heterocycles. The third kappa shape index (κ3) is 4.29. The van der Waals surface area contributed by atoms with Gasteiger partial charge in [0.2, 0.25) is 0 Å². The second-order valence-corrected chi connectivity index (χ2v) is 5.90. The summed E-state index contributed by atoms with van der Waals surface area (Å²) in [5, 5.41) is 3.51. The van der Waals surface area contributed by atoms with Crippen molar-refractivity contribution in [3.63, 3.8) is 0 Å². The maximum Gasteiger partial charge on any atom is 0.133 e. The van der Waals surface area contributed by atoms with Gasteiger partial charge in [-0.05, 0) is 71.2 Å². The van der Waals surface area contributed by atoms with Gasteiger partial charge in [-0.1, -0.05) is 13.0 Å². The van der Waals surface area contributed by atoms with Crippen LogP contribution in [-0.2, 0) is 6.42 Å². The van der Waals surface area contributed by atoms with Crippen molar-refractivity contribution in [3.8, 4) is 5.75 Å². The predicted molar refractivity (Wildman–Crippen MR) is 89.8 cm³/mol. The molecule has 0 saturated heterocycles. The SMILES string of the molecule is CCNC(Cc1ccc(OC)c(Br)c1)c1cc(C)ccn1. The first-order valence-corrected chi connectivity index (χ1v) is 7.91. The largest absolute Gasteiger partial charge is 0.496 e. The zero-order valence-electron chi connectivity index (χ0n) is 12.7. The van der Waals surface area contributed by atoms with Crippen LogP contribution in [0.15, 0.2) is 41.0 Å². The Morgan fingerprint density at radius 2 is 2.10 bits per heavy atom. The van der Waals surface area contributed by atoms with Crippen molar-refractivity contribution in [2.45, 2.75) is 26.3 Å². The van der Waals surface area contributed by atoms with Gasteiger partial charge in [0.15, 0.2) is 0 Å². The molecule has 0 aliphatic rings. The van der Waals surface area contributed by atoms with Crippen LogP contribution in [-0.4, -0.2) is 18.6 Å². The van der Waals surface area contributed by atoms with E-state index in [0.717, 1.165) is 28.9 Å². The molecule has 0 saturated carbocycles. The van der Waals surface area contributed by atoms with Crippen molar-refractivity contribution in [1.82, 2.24) is 10.3 Å². The van der Waals surface area contributed by atoms with Crippen molar-refractivity contribution >= 4 is 15.9 Å². The van der Waals surface area contributed by atoms with Gasteiger partial charge in [-0.3, -0.25) is 4.98 Å². The number of halogens is 1. The molecule has 0 amide bonds. The molecular weight excluding hydrogens is 328 g/mol. The van der Waals surface area contributed by atoms with Crippen LogP contribution < -0.4 is 10.1 Å². The number of nitrogens with zero attached hydrogens (tertiary/aromatic N) is 1. The molecule has 1 unspecified atom stereocenters. The van der Waals surface area contributed by atoms with Crippen molar-refractivity contribution in [3.05, 3.63) is 57.8 Å². The lowest BCUT2D eigenvalue weighted by Crippen LogP contribution is -2.24. The average Bonchev–Trinajstić information content (AvgIpc) is 2.47. The average molecular weight is 349 g/mol. The number of ether oxygens (including phenoxy) is 1. The number of methoxy groups -OCH3 is 1. The maximum atomic E-state index is 5.28. The minimum absolute atomic E-state index is 0.218. The lowest BCUT2D eigenvalue weighted by Gasteiger charge is -2.18. The monoisotopic (exact) mass is 348 g/mol. The standard InChI is InChI=1S/C17H21BrN2O/c1-4-19-16(15-9-12(2)7-8-20-15)11-13-5-6-17(21-3)14(18)10-13/h5-10,16,19H,4,11H2,1-3H3. The molecule has 1 heterocycles. The van der Waals surface area contributed by atoms with Crippen molar-refractivity contribution < 1.29 is 4.74 Å². The fourth-order valence-corrected chi connectivity index (χ4v) is 2.94. The van der Waals surface area contributed by atoms with Gasteiger partial charge < -0.3 is 10.1 Å². The first-order chi connectivity index (χ1) is 10.1. The van der Waals surface area contributed by atoms with Gasteiger partial charge >= 0.3 is 0 Å². The Morgan fingerprint density at radius 3 is 2.71 bits per heavy atom. The van der Waals surface area contributed by atoms with E-state index in [4.69, 9.17) is 4.74 Å². The normalized spacial score (nSPS) is 12.2. The molecule has 4 heteroatoms. The Labute approximate surface area is 134 Å². The number of aryl methyl sites for hydroxylation is 1. The third-order valence-electron chi connectivity index (χ3n) is 3.40. The van der Waals surface area contributed by atoms with Crippen molar-refractivity contribution in [1.29, 1.82) is 0 Å². The Morgan fingerprint density at radius 1 is 1.29 bits per heavy atom. The molecule has 1 N–H and O–H groups in total. The van der Waals surface area contributed by atoms with Gasteiger partial charge in [0.05, 0.1) is 23.3 Å². The molecule has 1 atom stereocenters. The van der Waals surface area contributed by atoms with E-state index in [1.807, 2.05) is 18.3 Å². The lowest BCUT2D eigenvalue weighted by molar-refractivity contribution is 0.412. The molecule has 1 aromatic heterocycles. The quantitative estimate of drug-likeness (QED) is 0.854. The maximum absolute atomic E-state index is 5.28. The summed E-state index contributed by atoms with van der Waals surface area (Å²) in [5.74, 6) is 0.854. The summed E-state index contributed by atoms with van der Waals surface area (Å²) in [6.07, 6.45) is 2.77. The molecule has 2 rings (SSSR count). The summed E-state index contributed by atoms with van der Waals surface area (Å²) >= 11 is 3.54. The smallest absolute Gasteiger partial charge is 0.133 e. The van der Waals surface area contributed by atoms with Crippen molar-refractivity contribution in [2.24, 2.45) is 0 Å². The van der Waals surface area contributed by atoms with Crippen LogP contribution in [0.2, 0.25) is 0 Å². The van der Waals surface area contributed by atoms with Crippen LogP contribution in [0.1, 0.15) is 29.8 Å². The number of rotatable bonds is 6. The van der Waals surface area contributed by atoms with Gasteiger partial charge in [0.1, 0.15) is 5.75 Å². The molecule has 2 aromatic rings. The minimum Gasteiger partial charge on any atom is -0.496 e. The molecule has 0 fully saturated rings. The van der Waals surface area contributed by atoms with Crippen LogP contribution >= 0.6 is 15.9 Å². The third-order valence-corrected chi connectivity index (χ3v) is 4.02. The summed E-state index contributed by atoms with van der Waals surface area (Å²) < 4.78 is 6.26. The summed E-state index contributed by atoms with van der Waals surface area (Å²) in [5.41, 5.74) is 3.57. The number of benzene rings is 1. The Hall–Kier alpha value is -1.39. The number of hydrogen-bond acceptors (Lipinski definition) is 3. The Bertz CT molecular complexity index is 601. The van der Waals surface area contributed by atoms with E-state index >= 15 is 0 Å². The summed E-state index contributed by atoms with van der Waals surface area (Å²) in [6.45, 7) is 5.13. The number of pyridine rings is 1. The minimum atomic E-state index is 0.218. The van der Waals surface area contributed by atoms with E-state index in [9.17, 15) is 0 Å². The van der Waals surface area contributed by atoms with Gasteiger partial charge in [-0.15, -0.1) is 0 Å². The van der Waals surface area contributed by atoms with E-state index in [-0.39, 0.29) is 6.04 Å². The molecule has 112 valence electrons. The Balaban J connectivity index is 2.22. The van der Waals surface area contributed by atoms with E-state index in [1.54, 1.807) is 7.11 Å². The molecule has 0 bridgehead atoms. The second-order valence-electron chi connectivity index (χ2n) is 5.04. The summed E-state index contributed by atoms with van der Waals surface area (Å²) in [4.78, 5) is 4.51. The zero-order valence-corrected chi connectivity index (χ0v) is 14.3. The molecule has 1 aromatic carbocycles. The van der Waals surface area contributed by atoms with Crippen LogP contribution in [0, 0.1) is 6.92 Å². The number of likely N-dealkylation sites (N-methyl/N-ethyl adjacent to an activating group) is 1. The predicted octanol–water partition coefficient (Wildman–Crippen LogP) is 4.05. The van der Waals surface area contributed by atoms with Crippen LogP contribution in [0.4, 0.5) is 0 Å². The molecule has 0 spiro atoms. The highest BCUT2D eigenvalue weighted by Gasteiger charge is 2.13. The first kappa shape index (κ1) is 16.0. The molecule has 3 nitrogen and oxygen atoms in total. The number of hydrogen-bond donors (Lipinski definition) is 1. The van der Waals surface area contributed by atoms with Crippen LogP contribution in [0.3, 0.4) is 0 Å². The van der Waals surface area contributed by atoms with Gasteiger partial charge in [0, 0.05) is 6.20 Å². The zero-order chi connectivity index (χ0) is 15.2. The van der Waals surface area contributed by atoms with E-state index < -0.39 is 0 Å². The number of aromatic nitrogens is 1. The molecular formula is C17H21BrN2O. The Kier molecular flexibility index (Phi) is 5.76. The van der Waals surface area contributed by atoms with E-state index in [0.29, 0.717) is 0 Å². The van der Waals surface area contributed by atoms with Gasteiger partial charge in [-0.25, -0.2) is 0 Å². The molecule has 0 radical (unpaired) electrons. The molecule has 0 aliphatic carbocycles. The van der Waals surface area contributed by atoms with Crippen LogP contribution in [0.25, 0.3) is 0 Å². The van der Waals surface area contributed by atoms with Gasteiger partial charge in [0.25, 0.3) is 0 Å². The second kappa shape index (κ2) is 7.57. The van der Waals surface area contributed by atoms with Crippen LogP contribution in [0.5, 0.6) is 5.75 Å². The summed E-state index contributed by atoms with van der Waals surface area (Å²) in [7, 11) is 1.68. The van der Waals surface area contributed by atoms with E-state index in [1.165, 1.54) is 11.1 Å². The van der Waals surface area contributed by atoms with Gasteiger partial charge in [-0.2, -0.15) is 0 Å². The highest BCUT2D eigenvalue weighted by atomic mass is 79.9. The number of nitrogens with one attached hydrogen (secondary N) is 1. The highest BCUT2D eigenvalue weighted by molar-refractivity contribution is 9.10. The van der Waals surface area contributed by atoms with Crippen molar-refractivity contribution in [2.75, 3.05) is 13.7 Å². The first-order valence-electron chi connectivity index (χ1n) is 7.12. The topological polar surface area (TPSA) is 34.1 Å². The fraction of sp³-hybridized carbons (Fsp3) is 0.353.